The van der Waals surface area contributed by atoms with E-state index < -0.39 is 0 Å². The van der Waals surface area contributed by atoms with Gasteiger partial charge in [-0.3, -0.25) is 4.79 Å². The number of carbonyl (C=O) groups is 1. The maximum Gasteiger partial charge on any atom is 0.236 e. The van der Waals surface area contributed by atoms with Crippen LogP contribution >= 0.6 is 15.9 Å². The van der Waals surface area contributed by atoms with Gasteiger partial charge in [-0.05, 0) is 32.9 Å². The van der Waals surface area contributed by atoms with Gasteiger partial charge in [-0.1, -0.05) is 29.8 Å². The summed E-state index contributed by atoms with van der Waals surface area (Å²) in [6.07, 6.45) is 2.99. The van der Waals surface area contributed by atoms with Crippen molar-refractivity contribution >= 4 is 21.8 Å². The van der Waals surface area contributed by atoms with Gasteiger partial charge in [0.25, 0.3) is 0 Å². The first-order valence-corrected chi connectivity index (χ1v) is 7.14. The maximum absolute atomic E-state index is 12.2. The van der Waals surface area contributed by atoms with Crippen molar-refractivity contribution in [3.63, 3.8) is 0 Å². The second-order valence-corrected chi connectivity index (χ2v) is 5.69. The van der Waals surface area contributed by atoms with E-state index in [0.29, 0.717) is 6.04 Å². The first-order chi connectivity index (χ1) is 7.60. The summed E-state index contributed by atoms with van der Waals surface area (Å²) in [7, 11) is 2.14. The fourth-order valence-corrected chi connectivity index (χ4v) is 2.50. The van der Waals surface area contributed by atoms with E-state index >= 15 is 0 Å². The van der Waals surface area contributed by atoms with Crippen LogP contribution in [0.15, 0.2) is 0 Å². The summed E-state index contributed by atoms with van der Waals surface area (Å²) in [5.74, 6) is 0.268. The molecule has 1 aliphatic rings. The van der Waals surface area contributed by atoms with Gasteiger partial charge in [-0.15, -0.1) is 0 Å². The highest BCUT2D eigenvalue weighted by molar-refractivity contribution is 9.10. The van der Waals surface area contributed by atoms with Crippen molar-refractivity contribution in [1.29, 1.82) is 0 Å². The number of rotatable bonds is 3. The summed E-state index contributed by atoms with van der Waals surface area (Å²) in [5.41, 5.74) is 0. The zero-order chi connectivity index (χ0) is 12.1. The minimum atomic E-state index is -0.00930. The van der Waals surface area contributed by atoms with Crippen LogP contribution in [0.3, 0.4) is 0 Å². The van der Waals surface area contributed by atoms with Crippen LogP contribution in [-0.4, -0.2) is 53.3 Å². The summed E-state index contributed by atoms with van der Waals surface area (Å²) in [4.78, 5) is 16.6. The zero-order valence-electron chi connectivity index (χ0n) is 10.6. The van der Waals surface area contributed by atoms with Gasteiger partial charge in [0, 0.05) is 19.1 Å². The van der Waals surface area contributed by atoms with Crippen molar-refractivity contribution in [3.8, 4) is 0 Å². The van der Waals surface area contributed by atoms with Crippen molar-refractivity contribution in [2.45, 2.75) is 44.0 Å². The van der Waals surface area contributed by atoms with Crippen molar-refractivity contribution < 1.29 is 4.79 Å². The van der Waals surface area contributed by atoms with Gasteiger partial charge in [0.05, 0.1) is 4.83 Å². The van der Waals surface area contributed by atoms with Crippen LogP contribution in [-0.2, 0) is 4.79 Å². The number of halogens is 1. The molecule has 0 N–H and O–H groups in total. The average Bonchev–Trinajstić information content (AvgIpc) is 2.48. The van der Waals surface area contributed by atoms with Crippen LogP contribution < -0.4 is 0 Å². The standard InChI is InChI=1S/C12H23BrN2O/c1-4-10-9-14(3)7-6-8-15(10)12(16)11(13)5-2/h10-11H,4-9H2,1-3H3. The molecule has 0 spiro atoms. The molecule has 1 amide bonds. The van der Waals surface area contributed by atoms with E-state index in [1.54, 1.807) is 0 Å². The van der Waals surface area contributed by atoms with E-state index in [-0.39, 0.29) is 10.7 Å². The highest BCUT2D eigenvalue weighted by atomic mass is 79.9. The van der Waals surface area contributed by atoms with Gasteiger partial charge in [-0.25, -0.2) is 0 Å². The molecule has 0 aromatic heterocycles. The largest absolute Gasteiger partial charge is 0.337 e. The second-order valence-electron chi connectivity index (χ2n) is 4.59. The summed E-state index contributed by atoms with van der Waals surface area (Å²) < 4.78 is 0. The van der Waals surface area contributed by atoms with Crippen LogP contribution in [0.25, 0.3) is 0 Å². The first kappa shape index (κ1) is 14.0. The number of hydrogen-bond donors (Lipinski definition) is 0. The molecule has 0 aliphatic carbocycles. The van der Waals surface area contributed by atoms with Gasteiger partial charge in [0.1, 0.15) is 0 Å². The van der Waals surface area contributed by atoms with Crippen molar-refractivity contribution in [1.82, 2.24) is 9.80 Å². The molecule has 2 atom stereocenters. The maximum atomic E-state index is 12.2. The molecular weight excluding hydrogens is 268 g/mol. The number of alkyl halides is 1. The molecule has 1 aliphatic heterocycles. The van der Waals surface area contributed by atoms with E-state index in [1.165, 1.54) is 0 Å². The Bertz CT molecular complexity index is 235. The molecule has 0 bridgehead atoms. The molecule has 94 valence electrons. The Balaban J connectivity index is 2.71. The smallest absolute Gasteiger partial charge is 0.236 e. The molecule has 4 heteroatoms. The molecule has 3 nitrogen and oxygen atoms in total. The number of carbonyl (C=O) groups excluding carboxylic acids is 1. The van der Waals surface area contributed by atoms with Crippen LogP contribution in [0.2, 0.25) is 0 Å². The molecular formula is C12H23BrN2O. The predicted octanol–water partition coefficient (Wildman–Crippen LogP) is 2.10. The minimum Gasteiger partial charge on any atom is -0.337 e. The Hall–Kier alpha value is -0.0900. The highest BCUT2D eigenvalue weighted by Gasteiger charge is 2.28. The summed E-state index contributed by atoms with van der Waals surface area (Å²) in [6.45, 7) is 7.22. The van der Waals surface area contributed by atoms with E-state index in [9.17, 15) is 4.79 Å². The fraction of sp³-hybridized carbons (Fsp3) is 0.917. The number of amides is 1. The van der Waals surface area contributed by atoms with E-state index in [4.69, 9.17) is 0 Å². The number of hydrogen-bond acceptors (Lipinski definition) is 2. The first-order valence-electron chi connectivity index (χ1n) is 6.23. The molecule has 2 unspecified atom stereocenters. The van der Waals surface area contributed by atoms with Crippen LogP contribution in [0.1, 0.15) is 33.1 Å². The van der Waals surface area contributed by atoms with Crippen molar-refractivity contribution in [2.24, 2.45) is 0 Å². The lowest BCUT2D eigenvalue weighted by Gasteiger charge is -2.31. The summed E-state index contributed by atoms with van der Waals surface area (Å²) in [5, 5.41) is 0. The topological polar surface area (TPSA) is 23.6 Å². The quantitative estimate of drug-likeness (QED) is 0.744. The molecule has 0 saturated carbocycles. The van der Waals surface area contributed by atoms with Gasteiger partial charge >= 0.3 is 0 Å². The monoisotopic (exact) mass is 290 g/mol. The van der Waals surface area contributed by atoms with Crippen molar-refractivity contribution in [3.05, 3.63) is 0 Å². The van der Waals surface area contributed by atoms with E-state index in [2.05, 4.69) is 39.7 Å². The molecule has 0 aromatic carbocycles. The molecule has 1 saturated heterocycles. The molecule has 1 fully saturated rings. The fourth-order valence-electron chi connectivity index (χ4n) is 2.24. The lowest BCUT2D eigenvalue weighted by molar-refractivity contribution is -0.132. The SMILES string of the molecule is CCC(Br)C(=O)N1CCCN(C)CC1CC. The second kappa shape index (κ2) is 6.60. The van der Waals surface area contributed by atoms with E-state index in [0.717, 1.165) is 38.9 Å². The van der Waals surface area contributed by atoms with Crippen LogP contribution in [0.5, 0.6) is 0 Å². The highest BCUT2D eigenvalue weighted by Crippen LogP contribution is 2.17. The van der Waals surface area contributed by atoms with Crippen LogP contribution in [0.4, 0.5) is 0 Å². The Morgan fingerprint density at radius 2 is 2.12 bits per heavy atom. The summed E-state index contributed by atoms with van der Waals surface area (Å²) in [6, 6.07) is 0.381. The summed E-state index contributed by atoms with van der Waals surface area (Å²) >= 11 is 3.47. The Morgan fingerprint density at radius 1 is 1.44 bits per heavy atom. The zero-order valence-corrected chi connectivity index (χ0v) is 12.2. The van der Waals surface area contributed by atoms with Gasteiger partial charge in [0.15, 0.2) is 0 Å². The Kier molecular flexibility index (Phi) is 5.76. The lowest BCUT2D eigenvalue weighted by atomic mass is 10.1. The van der Waals surface area contributed by atoms with Gasteiger partial charge in [0.2, 0.25) is 5.91 Å². The third-order valence-corrected chi connectivity index (χ3v) is 4.32. The third kappa shape index (κ3) is 3.45. The van der Waals surface area contributed by atoms with Crippen molar-refractivity contribution in [2.75, 3.05) is 26.7 Å². The minimum absolute atomic E-state index is 0.00930. The molecule has 1 heterocycles. The molecule has 0 aromatic rings. The predicted molar refractivity (Wildman–Crippen MR) is 70.9 cm³/mol. The van der Waals surface area contributed by atoms with Gasteiger partial charge in [-0.2, -0.15) is 0 Å². The number of nitrogens with zero attached hydrogens (tertiary/aromatic N) is 2. The lowest BCUT2D eigenvalue weighted by Crippen LogP contribution is -2.46. The van der Waals surface area contributed by atoms with E-state index in [1.807, 2.05) is 6.92 Å². The molecule has 1 rings (SSSR count). The molecule has 0 radical (unpaired) electrons. The third-order valence-electron chi connectivity index (χ3n) is 3.28. The normalized spacial score (nSPS) is 25.2. The number of likely N-dealkylation sites (N-methyl/N-ethyl adjacent to an activating group) is 1. The van der Waals surface area contributed by atoms with Gasteiger partial charge < -0.3 is 9.80 Å². The molecule has 16 heavy (non-hydrogen) atoms. The average molecular weight is 291 g/mol. The van der Waals surface area contributed by atoms with Crippen LogP contribution in [0, 0.1) is 0 Å². The Labute approximate surface area is 107 Å². The Morgan fingerprint density at radius 3 is 2.69 bits per heavy atom.